The molecule has 116 valence electrons. The first-order valence-electron chi connectivity index (χ1n) is 7.07. The minimum absolute atomic E-state index is 0.113. The summed E-state index contributed by atoms with van der Waals surface area (Å²) in [7, 11) is 0. The Balaban J connectivity index is 2.14. The van der Waals surface area contributed by atoms with Crippen molar-refractivity contribution in [3.05, 3.63) is 0 Å². The molecule has 2 rings (SSSR count). The van der Waals surface area contributed by atoms with Gasteiger partial charge in [0.15, 0.2) is 5.67 Å². The van der Waals surface area contributed by atoms with E-state index in [0.29, 0.717) is 26.1 Å². The summed E-state index contributed by atoms with van der Waals surface area (Å²) < 4.78 is 25.7. The van der Waals surface area contributed by atoms with Crippen LogP contribution in [0.3, 0.4) is 0 Å². The highest BCUT2D eigenvalue weighted by atomic mass is 19.1. The first kappa shape index (κ1) is 15.5. The first-order valence-corrected chi connectivity index (χ1v) is 7.07. The quantitative estimate of drug-likeness (QED) is 0.799. The van der Waals surface area contributed by atoms with Crippen molar-refractivity contribution in [3.63, 3.8) is 0 Å². The summed E-state index contributed by atoms with van der Waals surface area (Å²) in [6, 6.07) is 0. The molecule has 0 aromatic heterocycles. The van der Waals surface area contributed by atoms with Crippen LogP contribution in [0.2, 0.25) is 0 Å². The molecular weight excluding hydrogens is 265 g/mol. The molecule has 0 saturated carbocycles. The van der Waals surface area contributed by atoms with Crippen LogP contribution in [0.4, 0.5) is 9.18 Å². The van der Waals surface area contributed by atoms with Gasteiger partial charge in [-0.15, -0.1) is 0 Å². The van der Waals surface area contributed by atoms with Crippen LogP contribution in [0.25, 0.3) is 0 Å². The molecule has 1 spiro atoms. The summed E-state index contributed by atoms with van der Waals surface area (Å²) in [6.45, 7) is 5.86. The Morgan fingerprint density at radius 3 is 2.45 bits per heavy atom. The van der Waals surface area contributed by atoms with Crippen LogP contribution in [0.1, 0.15) is 33.6 Å². The van der Waals surface area contributed by atoms with Gasteiger partial charge in [0.2, 0.25) is 0 Å². The van der Waals surface area contributed by atoms with Gasteiger partial charge < -0.3 is 19.5 Å². The molecule has 0 bridgehead atoms. The number of aliphatic hydroxyl groups is 1. The van der Waals surface area contributed by atoms with Gasteiger partial charge in [-0.05, 0) is 33.6 Å². The standard InChI is InChI=1S/C14H24FNO4/c1-12(2,3)20-11(18)16-8-13(4-6-19-7-5-13)14(15,9-16)10-17/h17H,4-10H2,1-3H3. The smallest absolute Gasteiger partial charge is 0.410 e. The monoisotopic (exact) mass is 289 g/mol. The van der Waals surface area contributed by atoms with Crippen molar-refractivity contribution in [1.29, 1.82) is 0 Å². The van der Waals surface area contributed by atoms with Crippen LogP contribution in [-0.2, 0) is 9.47 Å². The number of carbonyl (C=O) groups is 1. The molecule has 2 fully saturated rings. The molecular formula is C14H24FNO4. The van der Waals surface area contributed by atoms with Crippen molar-refractivity contribution in [1.82, 2.24) is 4.90 Å². The molecule has 1 unspecified atom stereocenters. The number of rotatable bonds is 1. The fraction of sp³-hybridized carbons (Fsp3) is 0.929. The molecule has 2 aliphatic heterocycles. The van der Waals surface area contributed by atoms with E-state index in [4.69, 9.17) is 9.47 Å². The average Bonchev–Trinajstić information content (AvgIpc) is 2.63. The van der Waals surface area contributed by atoms with Gasteiger partial charge in [-0.25, -0.2) is 9.18 Å². The largest absolute Gasteiger partial charge is 0.444 e. The number of halogens is 1. The van der Waals surface area contributed by atoms with Gasteiger partial charge in [0, 0.05) is 25.2 Å². The number of nitrogens with zero attached hydrogens (tertiary/aromatic N) is 1. The summed E-state index contributed by atoms with van der Waals surface area (Å²) in [6.07, 6.45) is 0.517. The van der Waals surface area contributed by atoms with Gasteiger partial charge in [-0.2, -0.15) is 0 Å². The van der Waals surface area contributed by atoms with Crippen LogP contribution in [0.15, 0.2) is 0 Å². The number of carbonyl (C=O) groups excluding carboxylic acids is 1. The molecule has 5 nitrogen and oxygen atoms in total. The van der Waals surface area contributed by atoms with Gasteiger partial charge >= 0.3 is 6.09 Å². The van der Waals surface area contributed by atoms with E-state index in [2.05, 4.69) is 0 Å². The predicted octanol–water partition coefficient (Wildman–Crippen LogP) is 1.73. The van der Waals surface area contributed by atoms with Gasteiger partial charge in [0.05, 0.1) is 13.2 Å². The van der Waals surface area contributed by atoms with Gasteiger partial charge in [0.1, 0.15) is 5.60 Å². The minimum Gasteiger partial charge on any atom is -0.444 e. The number of hydrogen-bond acceptors (Lipinski definition) is 4. The molecule has 1 atom stereocenters. The summed E-state index contributed by atoms with van der Waals surface area (Å²) in [5.74, 6) is 0. The highest BCUT2D eigenvalue weighted by Gasteiger charge is 2.60. The van der Waals surface area contributed by atoms with E-state index >= 15 is 4.39 Å². The maximum atomic E-state index is 15.1. The van der Waals surface area contributed by atoms with Crippen molar-refractivity contribution in [2.45, 2.75) is 44.9 Å². The number of amides is 1. The zero-order chi connectivity index (χ0) is 15.0. The number of hydrogen-bond donors (Lipinski definition) is 1. The lowest BCUT2D eigenvalue weighted by Gasteiger charge is -2.40. The van der Waals surface area contributed by atoms with Crippen LogP contribution in [0.5, 0.6) is 0 Å². The first-order chi connectivity index (χ1) is 9.21. The normalized spacial score (nSPS) is 29.8. The van der Waals surface area contributed by atoms with Crippen molar-refractivity contribution in [2.75, 3.05) is 32.9 Å². The fourth-order valence-electron chi connectivity index (χ4n) is 3.07. The van der Waals surface area contributed by atoms with Crippen molar-refractivity contribution in [3.8, 4) is 0 Å². The Bertz CT molecular complexity index is 376. The summed E-state index contributed by atoms with van der Waals surface area (Å²) in [4.78, 5) is 13.5. The topological polar surface area (TPSA) is 59.0 Å². The molecule has 6 heteroatoms. The Labute approximate surface area is 119 Å². The second-order valence-corrected chi connectivity index (χ2v) is 6.85. The highest BCUT2D eigenvalue weighted by molar-refractivity contribution is 5.69. The molecule has 1 N–H and O–H groups in total. The molecule has 0 aromatic carbocycles. The third-order valence-corrected chi connectivity index (χ3v) is 4.24. The number of ether oxygens (including phenoxy) is 2. The maximum absolute atomic E-state index is 15.1. The van der Waals surface area contributed by atoms with E-state index in [9.17, 15) is 9.90 Å². The Hall–Kier alpha value is -0.880. The van der Waals surface area contributed by atoms with Crippen molar-refractivity contribution < 1.29 is 23.8 Å². The third-order valence-electron chi connectivity index (χ3n) is 4.24. The van der Waals surface area contributed by atoms with E-state index in [1.165, 1.54) is 4.90 Å². The van der Waals surface area contributed by atoms with Crippen molar-refractivity contribution >= 4 is 6.09 Å². The predicted molar refractivity (Wildman–Crippen MR) is 71.2 cm³/mol. The van der Waals surface area contributed by atoms with Crippen LogP contribution >= 0.6 is 0 Å². The zero-order valence-electron chi connectivity index (χ0n) is 12.4. The summed E-state index contributed by atoms with van der Waals surface area (Å²) in [5.41, 5.74) is -3.09. The Morgan fingerprint density at radius 2 is 1.95 bits per heavy atom. The van der Waals surface area contributed by atoms with Crippen molar-refractivity contribution in [2.24, 2.45) is 5.41 Å². The molecule has 2 aliphatic rings. The molecule has 1 amide bonds. The van der Waals surface area contributed by atoms with E-state index in [0.717, 1.165) is 0 Å². The molecule has 0 aliphatic carbocycles. The minimum atomic E-state index is -1.77. The lowest BCUT2D eigenvalue weighted by Crippen LogP contribution is -2.49. The zero-order valence-corrected chi connectivity index (χ0v) is 12.4. The van der Waals surface area contributed by atoms with E-state index < -0.39 is 29.4 Å². The van der Waals surface area contributed by atoms with Crippen LogP contribution in [-0.4, -0.2) is 60.3 Å². The number of aliphatic hydroxyl groups excluding tert-OH is 1. The fourth-order valence-corrected chi connectivity index (χ4v) is 3.07. The average molecular weight is 289 g/mol. The van der Waals surface area contributed by atoms with Gasteiger partial charge in [-0.3, -0.25) is 0 Å². The number of likely N-dealkylation sites (tertiary alicyclic amines) is 1. The van der Waals surface area contributed by atoms with Crippen LogP contribution < -0.4 is 0 Å². The molecule has 2 saturated heterocycles. The molecule has 2 heterocycles. The van der Waals surface area contributed by atoms with E-state index in [1.807, 2.05) is 0 Å². The summed E-state index contributed by atoms with van der Waals surface area (Å²) >= 11 is 0. The lowest BCUT2D eigenvalue weighted by molar-refractivity contribution is -0.0770. The third kappa shape index (κ3) is 2.76. The molecule has 0 aromatic rings. The van der Waals surface area contributed by atoms with E-state index in [1.54, 1.807) is 20.8 Å². The molecule has 20 heavy (non-hydrogen) atoms. The van der Waals surface area contributed by atoms with E-state index in [-0.39, 0.29) is 13.1 Å². The SMILES string of the molecule is CC(C)(C)OC(=O)N1CC(F)(CO)C2(CCOCC2)C1. The Kier molecular flexibility index (Phi) is 3.99. The summed E-state index contributed by atoms with van der Waals surface area (Å²) in [5, 5.41) is 9.48. The Morgan fingerprint density at radius 1 is 1.35 bits per heavy atom. The van der Waals surface area contributed by atoms with Gasteiger partial charge in [-0.1, -0.05) is 0 Å². The second kappa shape index (κ2) is 5.15. The lowest BCUT2D eigenvalue weighted by atomic mass is 9.70. The second-order valence-electron chi connectivity index (χ2n) is 6.85. The molecule has 0 radical (unpaired) electrons. The number of alkyl halides is 1. The van der Waals surface area contributed by atoms with Crippen LogP contribution in [0, 0.1) is 5.41 Å². The van der Waals surface area contributed by atoms with Gasteiger partial charge in [0.25, 0.3) is 0 Å². The highest BCUT2D eigenvalue weighted by Crippen LogP contribution is 2.49. The maximum Gasteiger partial charge on any atom is 0.410 e.